The molecule has 0 heterocycles. The van der Waals surface area contributed by atoms with E-state index in [1.54, 1.807) is 19.2 Å². The molecule has 0 unspecified atom stereocenters. The van der Waals surface area contributed by atoms with Crippen molar-refractivity contribution in [3.8, 4) is 17.2 Å². The van der Waals surface area contributed by atoms with Gasteiger partial charge in [-0.15, -0.1) is 12.4 Å². The van der Waals surface area contributed by atoms with Gasteiger partial charge in [0.2, 0.25) is 11.7 Å². The fourth-order valence-electron chi connectivity index (χ4n) is 1.57. The number of benzene rings is 1. The Labute approximate surface area is 118 Å². The van der Waals surface area contributed by atoms with E-state index in [0.29, 0.717) is 23.8 Å². The van der Waals surface area contributed by atoms with E-state index in [1.807, 2.05) is 0 Å². The molecule has 1 rings (SSSR count). The van der Waals surface area contributed by atoms with Gasteiger partial charge in [-0.05, 0) is 12.1 Å². The van der Waals surface area contributed by atoms with Crippen molar-refractivity contribution in [2.24, 2.45) is 5.73 Å². The Kier molecular flexibility index (Phi) is 7.71. The van der Waals surface area contributed by atoms with Crippen molar-refractivity contribution < 1.29 is 19.0 Å². The zero-order valence-corrected chi connectivity index (χ0v) is 12.0. The molecule has 0 aliphatic rings. The lowest BCUT2D eigenvalue weighted by Crippen LogP contribution is -2.29. The quantitative estimate of drug-likeness (QED) is 0.806. The van der Waals surface area contributed by atoms with Gasteiger partial charge in [0, 0.05) is 12.1 Å². The van der Waals surface area contributed by atoms with Crippen LogP contribution in [0.4, 0.5) is 0 Å². The molecule has 0 saturated heterocycles. The molecule has 1 amide bonds. The van der Waals surface area contributed by atoms with Crippen LogP contribution in [0, 0.1) is 0 Å². The van der Waals surface area contributed by atoms with E-state index in [1.165, 1.54) is 14.2 Å². The van der Waals surface area contributed by atoms with Gasteiger partial charge in [0.15, 0.2) is 11.5 Å². The summed E-state index contributed by atoms with van der Waals surface area (Å²) in [4.78, 5) is 11.1. The van der Waals surface area contributed by atoms with Gasteiger partial charge >= 0.3 is 0 Å². The van der Waals surface area contributed by atoms with Gasteiger partial charge in [-0.25, -0.2) is 0 Å². The van der Waals surface area contributed by atoms with Crippen LogP contribution >= 0.6 is 12.4 Å². The topological polar surface area (TPSA) is 82.8 Å². The molecule has 1 aromatic carbocycles. The van der Waals surface area contributed by atoms with Crippen LogP contribution in [-0.4, -0.2) is 33.8 Å². The van der Waals surface area contributed by atoms with Gasteiger partial charge in [0.05, 0.1) is 27.9 Å². The predicted molar refractivity (Wildman–Crippen MR) is 74.2 cm³/mol. The maximum absolute atomic E-state index is 11.1. The van der Waals surface area contributed by atoms with Crippen molar-refractivity contribution in [1.29, 1.82) is 0 Å². The summed E-state index contributed by atoms with van der Waals surface area (Å²) >= 11 is 0. The molecular formula is C12H19ClN2O4. The summed E-state index contributed by atoms with van der Waals surface area (Å²) in [6.07, 6.45) is 0. The first-order valence-corrected chi connectivity index (χ1v) is 5.42. The molecule has 7 heteroatoms. The Morgan fingerprint density at radius 3 is 2.26 bits per heavy atom. The van der Waals surface area contributed by atoms with E-state index in [0.717, 1.165) is 5.56 Å². The van der Waals surface area contributed by atoms with Gasteiger partial charge in [0.25, 0.3) is 0 Å². The number of carbonyl (C=O) groups excluding carboxylic acids is 1. The second-order valence-electron chi connectivity index (χ2n) is 3.47. The summed E-state index contributed by atoms with van der Waals surface area (Å²) in [5, 5.41) is 2.67. The highest BCUT2D eigenvalue weighted by Crippen LogP contribution is 2.39. The number of rotatable bonds is 6. The highest BCUT2D eigenvalue weighted by atomic mass is 35.5. The third kappa shape index (κ3) is 4.18. The smallest absolute Gasteiger partial charge is 0.234 e. The number of ether oxygens (including phenoxy) is 3. The molecule has 0 spiro atoms. The molecule has 0 atom stereocenters. The van der Waals surface area contributed by atoms with Crippen molar-refractivity contribution in [2.75, 3.05) is 27.9 Å². The van der Waals surface area contributed by atoms with E-state index in [9.17, 15) is 4.79 Å². The van der Waals surface area contributed by atoms with E-state index in [4.69, 9.17) is 19.9 Å². The van der Waals surface area contributed by atoms with Crippen LogP contribution < -0.4 is 25.3 Å². The maximum atomic E-state index is 11.1. The fraction of sp³-hybridized carbons (Fsp3) is 0.417. The summed E-state index contributed by atoms with van der Waals surface area (Å²) in [5.74, 6) is 1.38. The normalized spacial score (nSPS) is 9.26. The van der Waals surface area contributed by atoms with Crippen molar-refractivity contribution in [2.45, 2.75) is 6.54 Å². The summed E-state index contributed by atoms with van der Waals surface area (Å²) in [6, 6.07) is 3.56. The first-order chi connectivity index (χ1) is 8.67. The minimum Gasteiger partial charge on any atom is -0.493 e. The summed E-state index contributed by atoms with van der Waals surface area (Å²) in [5.41, 5.74) is 6.01. The number of amides is 1. The van der Waals surface area contributed by atoms with E-state index < -0.39 is 0 Å². The summed E-state index contributed by atoms with van der Waals surface area (Å²) in [7, 11) is 4.61. The van der Waals surface area contributed by atoms with Gasteiger partial charge in [0.1, 0.15) is 0 Å². The minimum absolute atomic E-state index is 0. The Bertz CT molecular complexity index is 426. The molecule has 0 aromatic heterocycles. The lowest BCUT2D eigenvalue weighted by atomic mass is 10.1. The largest absolute Gasteiger partial charge is 0.493 e. The van der Waals surface area contributed by atoms with Crippen LogP contribution in [0.25, 0.3) is 0 Å². The highest BCUT2D eigenvalue weighted by molar-refractivity contribution is 5.85. The lowest BCUT2D eigenvalue weighted by molar-refractivity contribution is -0.119. The molecule has 6 nitrogen and oxygen atoms in total. The zero-order valence-electron chi connectivity index (χ0n) is 11.2. The summed E-state index contributed by atoms with van der Waals surface area (Å²) in [6.45, 7) is 0.273. The Hall–Kier alpha value is -1.66. The van der Waals surface area contributed by atoms with E-state index in [-0.39, 0.29) is 24.9 Å². The van der Waals surface area contributed by atoms with Crippen molar-refractivity contribution in [1.82, 2.24) is 5.32 Å². The van der Waals surface area contributed by atoms with Gasteiger partial charge in [-0.1, -0.05) is 0 Å². The first-order valence-electron chi connectivity index (χ1n) is 5.42. The Morgan fingerprint density at radius 2 is 1.79 bits per heavy atom. The number of methoxy groups -OCH3 is 3. The molecule has 0 radical (unpaired) electrons. The Balaban J connectivity index is 0.00000324. The molecule has 0 aliphatic carbocycles. The number of hydrogen-bond donors (Lipinski definition) is 2. The second-order valence-corrected chi connectivity index (χ2v) is 3.47. The van der Waals surface area contributed by atoms with Crippen LogP contribution in [0.1, 0.15) is 5.56 Å². The molecule has 3 N–H and O–H groups in total. The molecule has 19 heavy (non-hydrogen) atoms. The number of nitrogens with two attached hydrogens (primary N) is 1. The van der Waals surface area contributed by atoms with Crippen LogP contribution in [0.2, 0.25) is 0 Å². The van der Waals surface area contributed by atoms with Crippen LogP contribution in [0.5, 0.6) is 17.2 Å². The molecule has 0 fully saturated rings. The third-order valence-corrected chi connectivity index (χ3v) is 2.45. The molecular weight excluding hydrogens is 272 g/mol. The average Bonchev–Trinajstić information content (AvgIpc) is 2.43. The molecule has 108 valence electrons. The van der Waals surface area contributed by atoms with Crippen molar-refractivity contribution >= 4 is 18.3 Å². The van der Waals surface area contributed by atoms with Crippen LogP contribution in [0.15, 0.2) is 12.1 Å². The second kappa shape index (κ2) is 8.44. The number of hydrogen-bond acceptors (Lipinski definition) is 5. The van der Waals surface area contributed by atoms with Gasteiger partial charge in [-0.3, -0.25) is 4.79 Å². The fourth-order valence-corrected chi connectivity index (χ4v) is 1.57. The van der Waals surface area contributed by atoms with E-state index in [2.05, 4.69) is 5.32 Å². The first kappa shape index (κ1) is 17.3. The van der Waals surface area contributed by atoms with Gasteiger partial charge < -0.3 is 25.3 Å². The SMILES string of the molecule is COc1ccc(CNC(=O)CN)c(OC)c1OC.Cl. The third-order valence-electron chi connectivity index (χ3n) is 2.45. The molecule has 0 saturated carbocycles. The number of carbonyl (C=O) groups is 1. The predicted octanol–water partition coefficient (Wildman–Crippen LogP) is 0.709. The molecule has 0 aliphatic heterocycles. The van der Waals surface area contributed by atoms with Crippen LogP contribution in [0.3, 0.4) is 0 Å². The maximum Gasteiger partial charge on any atom is 0.234 e. The lowest BCUT2D eigenvalue weighted by Gasteiger charge is -2.15. The highest BCUT2D eigenvalue weighted by Gasteiger charge is 2.15. The number of halogens is 1. The standard InChI is InChI=1S/C12H18N2O4.ClH/c1-16-9-5-4-8(7-14-10(15)6-13)11(17-2)12(9)18-3;/h4-5H,6-7,13H2,1-3H3,(H,14,15);1H. The monoisotopic (exact) mass is 290 g/mol. The number of nitrogens with one attached hydrogen (secondary N) is 1. The van der Waals surface area contributed by atoms with Crippen molar-refractivity contribution in [3.05, 3.63) is 17.7 Å². The van der Waals surface area contributed by atoms with E-state index >= 15 is 0 Å². The van der Waals surface area contributed by atoms with Gasteiger partial charge in [-0.2, -0.15) is 0 Å². The zero-order chi connectivity index (χ0) is 13.5. The molecule has 0 bridgehead atoms. The molecule has 1 aromatic rings. The van der Waals surface area contributed by atoms with Crippen molar-refractivity contribution in [3.63, 3.8) is 0 Å². The van der Waals surface area contributed by atoms with Crippen LogP contribution in [-0.2, 0) is 11.3 Å². The minimum atomic E-state index is -0.230. The summed E-state index contributed by atoms with van der Waals surface area (Å²) < 4.78 is 15.7. The average molecular weight is 291 g/mol. The Morgan fingerprint density at radius 1 is 1.16 bits per heavy atom.